The van der Waals surface area contributed by atoms with Gasteiger partial charge in [-0.05, 0) is 81.6 Å². The number of aromatic hydroxyl groups is 1. The van der Waals surface area contributed by atoms with Crippen molar-refractivity contribution in [3.8, 4) is 16.9 Å². The second kappa shape index (κ2) is 9.65. The molecule has 2 aromatic carbocycles. The lowest BCUT2D eigenvalue weighted by Gasteiger charge is -2.32. The molecular weight excluding hydrogens is 441 g/mol. The minimum absolute atomic E-state index is 0.0480. The molecule has 2 N–H and O–H groups in total. The molecule has 0 radical (unpaired) electrons. The van der Waals surface area contributed by atoms with Gasteiger partial charge in [-0.1, -0.05) is 24.1 Å². The number of ketones is 1. The summed E-state index contributed by atoms with van der Waals surface area (Å²) in [6.07, 6.45) is 6.07. The first-order chi connectivity index (χ1) is 15.7. The average Bonchev–Trinajstić information content (AvgIpc) is 2.76. The highest BCUT2D eigenvalue weighted by atomic mass is 35.5. The highest BCUT2D eigenvalue weighted by Crippen LogP contribution is 2.36. The van der Waals surface area contributed by atoms with E-state index in [0.29, 0.717) is 17.0 Å². The lowest BCUT2D eigenvalue weighted by atomic mass is 9.85. The van der Waals surface area contributed by atoms with Crippen LogP contribution in [0.1, 0.15) is 43.0 Å². The van der Waals surface area contributed by atoms with E-state index in [0.717, 1.165) is 48.0 Å². The molecule has 174 valence electrons. The number of hydrogen-bond acceptors (Lipinski definition) is 5. The third-order valence-corrected chi connectivity index (χ3v) is 6.64. The molecule has 1 aliphatic carbocycles. The lowest BCUT2D eigenvalue weighted by Crippen LogP contribution is -2.32. The molecule has 4 rings (SSSR count). The van der Waals surface area contributed by atoms with E-state index in [4.69, 9.17) is 11.6 Å². The zero-order valence-electron chi connectivity index (χ0n) is 19.2. The number of carbonyl (C=O) groups is 1. The van der Waals surface area contributed by atoms with Crippen molar-refractivity contribution in [3.05, 3.63) is 52.9 Å². The molecule has 0 unspecified atom stereocenters. The van der Waals surface area contributed by atoms with Crippen LogP contribution in [0, 0.1) is 11.7 Å². The largest absolute Gasteiger partial charge is 0.504 e. The number of nitrogens with one attached hydrogen (secondary N) is 1. The Kier molecular flexibility index (Phi) is 6.86. The zero-order chi connectivity index (χ0) is 23.7. The number of pyridine rings is 1. The number of anilines is 1. The fourth-order valence-electron chi connectivity index (χ4n) is 4.84. The van der Waals surface area contributed by atoms with Crippen molar-refractivity contribution in [2.75, 3.05) is 26.0 Å². The van der Waals surface area contributed by atoms with Crippen LogP contribution in [-0.2, 0) is 0 Å². The van der Waals surface area contributed by atoms with Crippen molar-refractivity contribution in [1.29, 1.82) is 0 Å². The van der Waals surface area contributed by atoms with Crippen LogP contribution < -0.4 is 5.32 Å². The standard InChI is InChI=1S/C26H29ClFN3O2/c1-15(32)21-13-29-24-8-7-17(18-11-22(27)26(33)23(28)12-18)10-20(24)25(21)30-19-6-4-5-16(9-19)14-31(2)3/h7-8,10-13,16,19,33H,4-6,9,14H2,1-3H3,(H,29,30)/t16-,19+/m1/s1. The molecule has 1 aliphatic rings. The Hall–Kier alpha value is -2.70. The van der Waals surface area contributed by atoms with Crippen molar-refractivity contribution in [2.45, 2.75) is 38.6 Å². The first-order valence-electron chi connectivity index (χ1n) is 11.3. The first-order valence-corrected chi connectivity index (χ1v) is 11.6. The van der Waals surface area contributed by atoms with Gasteiger partial charge in [0.05, 0.1) is 21.8 Å². The maximum Gasteiger partial charge on any atom is 0.170 e. The Morgan fingerprint density at radius 1 is 1.24 bits per heavy atom. The minimum atomic E-state index is -0.777. The Labute approximate surface area is 198 Å². The predicted molar refractivity (Wildman–Crippen MR) is 132 cm³/mol. The van der Waals surface area contributed by atoms with Gasteiger partial charge in [0.1, 0.15) is 0 Å². The van der Waals surface area contributed by atoms with E-state index in [2.05, 4.69) is 29.3 Å². The monoisotopic (exact) mass is 469 g/mol. The molecule has 33 heavy (non-hydrogen) atoms. The van der Waals surface area contributed by atoms with Crippen molar-refractivity contribution in [1.82, 2.24) is 9.88 Å². The molecule has 0 aliphatic heterocycles. The maximum atomic E-state index is 14.1. The lowest BCUT2D eigenvalue weighted by molar-refractivity contribution is 0.101. The molecule has 0 saturated heterocycles. The second-order valence-electron chi connectivity index (χ2n) is 9.26. The number of nitrogens with zero attached hydrogens (tertiary/aromatic N) is 2. The van der Waals surface area contributed by atoms with Crippen LogP contribution in [0.15, 0.2) is 36.5 Å². The van der Waals surface area contributed by atoms with Crippen LogP contribution in [0.2, 0.25) is 5.02 Å². The molecule has 2 atom stereocenters. The highest BCUT2D eigenvalue weighted by molar-refractivity contribution is 6.32. The van der Waals surface area contributed by atoms with Crippen LogP contribution in [0.25, 0.3) is 22.0 Å². The van der Waals surface area contributed by atoms with Crippen LogP contribution in [0.4, 0.5) is 10.1 Å². The average molecular weight is 470 g/mol. The Balaban J connectivity index is 1.76. The van der Waals surface area contributed by atoms with E-state index in [9.17, 15) is 14.3 Å². The van der Waals surface area contributed by atoms with E-state index in [1.807, 2.05) is 18.2 Å². The Bertz CT molecular complexity index is 1170. The van der Waals surface area contributed by atoms with E-state index in [-0.39, 0.29) is 16.8 Å². The topological polar surface area (TPSA) is 65.5 Å². The fraction of sp³-hybridized carbons (Fsp3) is 0.385. The van der Waals surface area contributed by atoms with Crippen LogP contribution >= 0.6 is 11.6 Å². The van der Waals surface area contributed by atoms with Gasteiger partial charge in [-0.3, -0.25) is 9.78 Å². The molecule has 1 aromatic heterocycles. The van der Waals surface area contributed by atoms with Crippen molar-refractivity contribution in [2.24, 2.45) is 5.92 Å². The number of hydrogen-bond donors (Lipinski definition) is 2. The molecule has 1 fully saturated rings. The number of phenolic OH excluding ortho intramolecular Hbond substituents is 1. The number of halogens is 2. The number of rotatable bonds is 6. The Morgan fingerprint density at radius 2 is 2.03 bits per heavy atom. The summed E-state index contributed by atoms with van der Waals surface area (Å²) in [5.74, 6) is -0.788. The minimum Gasteiger partial charge on any atom is -0.504 e. The van der Waals surface area contributed by atoms with Crippen LogP contribution in [0.5, 0.6) is 5.75 Å². The summed E-state index contributed by atoms with van der Waals surface area (Å²) in [6.45, 7) is 2.59. The van der Waals surface area contributed by atoms with Gasteiger partial charge in [0.15, 0.2) is 17.3 Å². The molecule has 0 bridgehead atoms. The van der Waals surface area contributed by atoms with E-state index >= 15 is 0 Å². The summed E-state index contributed by atoms with van der Waals surface area (Å²) < 4.78 is 14.1. The smallest absolute Gasteiger partial charge is 0.170 e. The third kappa shape index (κ3) is 5.12. The number of benzene rings is 2. The second-order valence-corrected chi connectivity index (χ2v) is 9.67. The summed E-state index contributed by atoms with van der Waals surface area (Å²) in [5, 5.41) is 14.1. The highest BCUT2D eigenvalue weighted by Gasteiger charge is 2.24. The van der Waals surface area contributed by atoms with Gasteiger partial charge >= 0.3 is 0 Å². The molecule has 7 heteroatoms. The number of carbonyl (C=O) groups excluding carboxylic acids is 1. The number of phenols is 1. The fourth-order valence-corrected chi connectivity index (χ4v) is 5.04. The third-order valence-electron chi connectivity index (χ3n) is 6.35. The van der Waals surface area contributed by atoms with Gasteiger partial charge in [0.2, 0.25) is 0 Å². The van der Waals surface area contributed by atoms with Gasteiger partial charge in [-0.2, -0.15) is 0 Å². The summed E-state index contributed by atoms with van der Waals surface area (Å²) in [7, 11) is 4.20. The van der Waals surface area contributed by atoms with Gasteiger partial charge < -0.3 is 15.3 Å². The molecule has 0 spiro atoms. The zero-order valence-corrected chi connectivity index (χ0v) is 19.9. The van der Waals surface area contributed by atoms with Gasteiger partial charge in [0.25, 0.3) is 0 Å². The van der Waals surface area contributed by atoms with Crippen LogP contribution in [-0.4, -0.2) is 47.5 Å². The number of aromatic nitrogens is 1. The summed E-state index contributed by atoms with van der Waals surface area (Å²) in [5.41, 5.74) is 3.33. The van der Waals surface area contributed by atoms with Crippen LogP contribution in [0.3, 0.4) is 0 Å². The van der Waals surface area contributed by atoms with Crippen molar-refractivity contribution in [3.63, 3.8) is 0 Å². The summed E-state index contributed by atoms with van der Waals surface area (Å²) in [6, 6.07) is 8.64. The molecular formula is C26H29ClFN3O2. The molecule has 0 amide bonds. The number of fused-ring (bicyclic) bond motifs is 1. The SMILES string of the molecule is CC(=O)c1cnc2ccc(-c3cc(F)c(O)c(Cl)c3)cc2c1N[C@H]1CCC[C@@H](CN(C)C)C1. The first kappa shape index (κ1) is 23.5. The normalized spacial score (nSPS) is 18.6. The van der Waals surface area contributed by atoms with E-state index < -0.39 is 11.6 Å². The van der Waals surface area contributed by atoms with E-state index in [1.54, 1.807) is 13.1 Å². The molecule has 3 aromatic rings. The van der Waals surface area contributed by atoms with Crippen molar-refractivity contribution >= 4 is 34.0 Å². The number of Topliss-reactive ketones (excluding diaryl/α,β-unsaturated/α-hetero) is 1. The van der Waals surface area contributed by atoms with Gasteiger partial charge in [-0.15, -0.1) is 0 Å². The predicted octanol–water partition coefficient (Wildman–Crippen LogP) is 6.13. The van der Waals surface area contributed by atoms with Gasteiger partial charge in [0, 0.05) is 24.2 Å². The molecule has 1 saturated carbocycles. The van der Waals surface area contributed by atoms with E-state index in [1.165, 1.54) is 18.6 Å². The quantitative estimate of drug-likeness (QED) is 0.425. The van der Waals surface area contributed by atoms with Crippen molar-refractivity contribution < 1.29 is 14.3 Å². The molecule has 1 heterocycles. The molecule has 5 nitrogen and oxygen atoms in total. The summed E-state index contributed by atoms with van der Waals surface area (Å²) in [4.78, 5) is 19.2. The Morgan fingerprint density at radius 3 is 2.73 bits per heavy atom. The maximum absolute atomic E-state index is 14.1. The van der Waals surface area contributed by atoms with Gasteiger partial charge in [-0.25, -0.2) is 4.39 Å². The summed E-state index contributed by atoms with van der Waals surface area (Å²) >= 11 is 6.00.